The molecule has 14 heavy (non-hydrogen) atoms. The van der Waals surface area contributed by atoms with Gasteiger partial charge >= 0.3 is 6.18 Å². The molecule has 0 unspecified atom stereocenters. The first-order valence-corrected chi connectivity index (χ1v) is 3.71. The molecule has 5 heteroatoms. The van der Waals surface area contributed by atoms with Gasteiger partial charge in [-0.3, -0.25) is 0 Å². The molecular weight excluding hydrogens is 195 g/mol. The second-order valence-electron chi connectivity index (χ2n) is 2.47. The maximum absolute atomic E-state index is 12.1. The van der Waals surface area contributed by atoms with Crippen LogP contribution in [0.2, 0.25) is 0 Å². The van der Waals surface area contributed by atoms with Crippen molar-refractivity contribution in [2.75, 3.05) is 6.61 Å². The fourth-order valence-corrected chi connectivity index (χ4v) is 0.856. The van der Waals surface area contributed by atoms with Gasteiger partial charge in [0, 0.05) is 0 Å². The summed E-state index contributed by atoms with van der Waals surface area (Å²) in [5.74, 6) is 0.250. The van der Waals surface area contributed by atoms with Crippen molar-refractivity contribution >= 4 is 0 Å². The molecule has 0 saturated heterocycles. The zero-order valence-corrected chi connectivity index (χ0v) is 7.01. The highest BCUT2D eigenvalue weighted by Gasteiger charge is 2.29. The van der Waals surface area contributed by atoms with Gasteiger partial charge in [-0.05, 0) is 24.3 Å². The van der Waals surface area contributed by atoms with E-state index in [1.807, 2.05) is 0 Å². The number of hydrogen-bond acceptors (Lipinski definition) is 2. The average molecular weight is 201 g/mol. The number of nitriles is 1. The molecule has 0 fully saturated rings. The van der Waals surface area contributed by atoms with Crippen LogP contribution in [0.1, 0.15) is 5.56 Å². The van der Waals surface area contributed by atoms with Crippen LogP contribution in [-0.2, 0) is 6.18 Å². The van der Waals surface area contributed by atoms with Crippen LogP contribution in [0.3, 0.4) is 0 Å². The molecular formula is C9H6F3NO. The Hall–Kier alpha value is -1.70. The van der Waals surface area contributed by atoms with E-state index in [4.69, 9.17) is 10.00 Å². The molecule has 0 aliphatic rings. The average Bonchev–Trinajstić information content (AvgIpc) is 2.14. The fraction of sp³-hybridized carbons (Fsp3) is 0.222. The van der Waals surface area contributed by atoms with Crippen molar-refractivity contribution in [3.63, 3.8) is 0 Å². The Kier molecular flexibility index (Phi) is 2.97. The van der Waals surface area contributed by atoms with Gasteiger partial charge in [0.25, 0.3) is 0 Å². The van der Waals surface area contributed by atoms with Crippen LogP contribution in [0, 0.1) is 11.3 Å². The zero-order valence-electron chi connectivity index (χ0n) is 7.01. The molecule has 1 aromatic rings. The maximum atomic E-state index is 12.1. The van der Waals surface area contributed by atoms with Gasteiger partial charge in [0.15, 0.2) is 6.61 Å². The van der Waals surface area contributed by atoms with Gasteiger partial charge in [-0.1, -0.05) is 0 Å². The van der Waals surface area contributed by atoms with E-state index < -0.39 is 11.7 Å². The molecule has 0 aliphatic carbocycles. The van der Waals surface area contributed by atoms with Gasteiger partial charge in [0.1, 0.15) is 11.8 Å². The maximum Gasteiger partial charge on any atom is 0.416 e. The number of benzene rings is 1. The van der Waals surface area contributed by atoms with E-state index in [9.17, 15) is 13.2 Å². The number of rotatable bonds is 2. The molecule has 1 aromatic carbocycles. The van der Waals surface area contributed by atoms with Gasteiger partial charge in [-0.25, -0.2) is 0 Å². The number of ether oxygens (including phenoxy) is 1. The third kappa shape index (κ3) is 2.66. The lowest BCUT2D eigenvalue weighted by Crippen LogP contribution is -2.04. The molecule has 0 aliphatic heterocycles. The van der Waals surface area contributed by atoms with E-state index in [1.54, 1.807) is 6.07 Å². The van der Waals surface area contributed by atoms with Crippen molar-refractivity contribution < 1.29 is 17.9 Å². The van der Waals surface area contributed by atoms with Crippen LogP contribution in [0.25, 0.3) is 0 Å². The summed E-state index contributed by atoms with van der Waals surface area (Å²) in [6.45, 7) is -0.175. The normalized spacial score (nSPS) is 10.7. The monoisotopic (exact) mass is 201 g/mol. The molecule has 0 atom stereocenters. The molecule has 0 aromatic heterocycles. The van der Waals surface area contributed by atoms with Gasteiger partial charge < -0.3 is 4.74 Å². The van der Waals surface area contributed by atoms with E-state index in [2.05, 4.69) is 0 Å². The summed E-state index contributed by atoms with van der Waals surface area (Å²) >= 11 is 0. The van der Waals surface area contributed by atoms with Crippen LogP contribution < -0.4 is 4.74 Å². The third-order valence-corrected chi connectivity index (χ3v) is 1.49. The van der Waals surface area contributed by atoms with Crippen LogP contribution in [-0.4, -0.2) is 6.61 Å². The Bertz CT molecular complexity index is 337. The van der Waals surface area contributed by atoms with Crippen LogP contribution >= 0.6 is 0 Å². The third-order valence-electron chi connectivity index (χ3n) is 1.49. The SMILES string of the molecule is N#CCOc1ccc(C(F)(F)F)cc1. The molecule has 0 spiro atoms. The molecule has 0 radical (unpaired) electrons. The molecule has 1 rings (SSSR count). The summed E-state index contributed by atoms with van der Waals surface area (Å²) < 4.78 is 41.0. The molecule has 2 nitrogen and oxygen atoms in total. The van der Waals surface area contributed by atoms with E-state index in [1.165, 1.54) is 12.1 Å². The smallest absolute Gasteiger partial charge is 0.416 e. The molecule has 0 bridgehead atoms. The Balaban J connectivity index is 2.75. The fourth-order valence-electron chi connectivity index (χ4n) is 0.856. The second kappa shape index (κ2) is 4.01. The number of halogens is 3. The highest BCUT2D eigenvalue weighted by atomic mass is 19.4. The highest BCUT2D eigenvalue weighted by Crippen LogP contribution is 2.30. The van der Waals surface area contributed by atoms with E-state index in [-0.39, 0.29) is 12.4 Å². The number of nitrogens with zero attached hydrogens (tertiary/aromatic N) is 1. The molecule has 74 valence electrons. The minimum absolute atomic E-state index is 0.175. The highest BCUT2D eigenvalue weighted by molar-refractivity contribution is 5.28. The van der Waals surface area contributed by atoms with Crippen LogP contribution in [0.15, 0.2) is 24.3 Å². The zero-order chi connectivity index (χ0) is 10.6. The topological polar surface area (TPSA) is 33.0 Å². The first kappa shape index (κ1) is 10.4. The van der Waals surface area contributed by atoms with Crippen LogP contribution in [0.4, 0.5) is 13.2 Å². The van der Waals surface area contributed by atoms with Crippen LogP contribution in [0.5, 0.6) is 5.75 Å². The largest absolute Gasteiger partial charge is 0.479 e. The first-order valence-electron chi connectivity index (χ1n) is 3.71. The lowest BCUT2D eigenvalue weighted by molar-refractivity contribution is -0.137. The molecule has 0 saturated carbocycles. The minimum atomic E-state index is -4.34. The summed E-state index contributed by atoms with van der Waals surface area (Å²) in [7, 11) is 0. The van der Waals surface area contributed by atoms with Crippen molar-refractivity contribution in [2.24, 2.45) is 0 Å². The molecule has 0 amide bonds. The Morgan fingerprint density at radius 3 is 2.21 bits per heavy atom. The minimum Gasteiger partial charge on any atom is -0.479 e. The molecule has 0 heterocycles. The van der Waals surface area contributed by atoms with Gasteiger partial charge in [0.2, 0.25) is 0 Å². The molecule has 0 N–H and O–H groups in total. The summed E-state index contributed by atoms with van der Waals surface area (Å²) in [5, 5.41) is 8.16. The van der Waals surface area contributed by atoms with E-state index in [0.717, 1.165) is 12.1 Å². The van der Waals surface area contributed by atoms with E-state index >= 15 is 0 Å². The number of alkyl halides is 3. The van der Waals surface area contributed by atoms with Gasteiger partial charge in [-0.15, -0.1) is 0 Å². The van der Waals surface area contributed by atoms with Crippen molar-refractivity contribution in [2.45, 2.75) is 6.18 Å². The Morgan fingerprint density at radius 1 is 1.21 bits per heavy atom. The predicted octanol–water partition coefficient (Wildman–Crippen LogP) is 2.61. The number of hydrogen-bond donors (Lipinski definition) is 0. The Labute approximate surface area is 78.5 Å². The summed E-state index contributed by atoms with van der Waals surface area (Å²) in [6.07, 6.45) is -4.34. The van der Waals surface area contributed by atoms with Gasteiger partial charge in [-0.2, -0.15) is 18.4 Å². The van der Waals surface area contributed by atoms with Crippen molar-refractivity contribution in [3.8, 4) is 11.8 Å². The quantitative estimate of drug-likeness (QED) is 0.736. The standard InChI is InChI=1S/C9H6F3NO/c10-9(11,12)7-1-3-8(4-2-7)14-6-5-13/h1-4H,6H2. The Morgan fingerprint density at radius 2 is 1.79 bits per heavy atom. The van der Waals surface area contributed by atoms with Gasteiger partial charge in [0.05, 0.1) is 5.56 Å². The predicted molar refractivity (Wildman–Crippen MR) is 42.6 cm³/mol. The second-order valence-corrected chi connectivity index (χ2v) is 2.47. The lowest BCUT2D eigenvalue weighted by Gasteiger charge is -2.07. The van der Waals surface area contributed by atoms with Crippen molar-refractivity contribution in [1.29, 1.82) is 5.26 Å². The van der Waals surface area contributed by atoms with Crippen molar-refractivity contribution in [3.05, 3.63) is 29.8 Å². The lowest BCUT2D eigenvalue weighted by atomic mass is 10.2. The first-order chi connectivity index (χ1) is 6.54. The summed E-state index contributed by atoms with van der Waals surface area (Å²) in [4.78, 5) is 0. The summed E-state index contributed by atoms with van der Waals surface area (Å²) in [6, 6.07) is 5.90. The van der Waals surface area contributed by atoms with E-state index in [0.29, 0.717) is 0 Å². The van der Waals surface area contributed by atoms with Crippen molar-refractivity contribution in [1.82, 2.24) is 0 Å². The summed E-state index contributed by atoms with van der Waals surface area (Å²) in [5.41, 5.74) is -0.734.